The molecule has 1 fully saturated rings. The number of piperidine rings is 1. The Hall–Kier alpha value is -1.61. The number of rotatable bonds is 3. The van der Waals surface area contributed by atoms with Crippen molar-refractivity contribution < 1.29 is 5.11 Å². The summed E-state index contributed by atoms with van der Waals surface area (Å²) in [6.07, 6.45) is 5.26. The van der Waals surface area contributed by atoms with Gasteiger partial charge in [0.1, 0.15) is 0 Å². The zero-order valence-electron chi connectivity index (χ0n) is 11.1. The van der Waals surface area contributed by atoms with Crippen molar-refractivity contribution in [2.24, 2.45) is 5.92 Å². The molecular formula is C16H20N2O. The molecule has 1 aromatic carbocycles. The summed E-state index contributed by atoms with van der Waals surface area (Å²) in [4.78, 5) is 6.88. The van der Waals surface area contributed by atoms with Crippen LogP contribution in [0.15, 0.2) is 36.5 Å². The Labute approximate surface area is 113 Å². The maximum atomic E-state index is 9.12. The Kier molecular flexibility index (Phi) is 3.65. The minimum Gasteiger partial charge on any atom is -0.396 e. The molecular weight excluding hydrogens is 236 g/mol. The molecule has 1 aliphatic heterocycles. The van der Waals surface area contributed by atoms with Crippen LogP contribution in [0.1, 0.15) is 19.3 Å². The number of aliphatic hydroxyl groups is 1. The molecule has 1 N–H and O–H groups in total. The number of benzene rings is 1. The molecule has 0 radical (unpaired) electrons. The van der Waals surface area contributed by atoms with Gasteiger partial charge in [-0.2, -0.15) is 0 Å². The van der Waals surface area contributed by atoms with Crippen LogP contribution < -0.4 is 4.90 Å². The molecule has 0 amide bonds. The average Bonchev–Trinajstić information content (AvgIpc) is 2.47. The molecule has 2 aromatic rings. The predicted molar refractivity (Wildman–Crippen MR) is 78.4 cm³/mol. The fourth-order valence-corrected chi connectivity index (χ4v) is 3.06. The molecule has 0 aliphatic carbocycles. The third-order valence-corrected chi connectivity index (χ3v) is 4.02. The van der Waals surface area contributed by atoms with Gasteiger partial charge in [0.25, 0.3) is 0 Å². The molecule has 1 unspecified atom stereocenters. The van der Waals surface area contributed by atoms with Crippen LogP contribution in [-0.4, -0.2) is 29.8 Å². The highest BCUT2D eigenvalue weighted by molar-refractivity contribution is 5.91. The Morgan fingerprint density at radius 1 is 1.26 bits per heavy atom. The maximum Gasteiger partial charge on any atom is 0.0722 e. The van der Waals surface area contributed by atoms with E-state index in [0.29, 0.717) is 12.5 Å². The van der Waals surface area contributed by atoms with Gasteiger partial charge in [0.05, 0.1) is 5.52 Å². The summed E-state index contributed by atoms with van der Waals surface area (Å²) in [6.45, 7) is 2.46. The monoisotopic (exact) mass is 256 g/mol. The van der Waals surface area contributed by atoms with Crippen molar-refractivity contribution in [2.75, 3.05) is 24.6 Å². The van der Waals surface area contributed by atoms with E-state index in [1.54, 1.807) is 0 Å². The molecule has 100 valence electrons. The molecule has 0 spiro atoms. The molecule has 1 aliphatic rings. The van der Waals surface area contributed by atoms with Gasteiger partial charge in [-0.25, -0.2) is 0 Å². The minimum atomic E-state index is 0.301. The van der Waals surface area contributed by atoms with Crippen LogP contribution in [0.5, 0.6) is 0 Å². The summed E-state index contributed by atoms with van der Waals surface area (Å²) in [7, 11) is 0. The van der Waals surface area contributed by atoms with Crippen LogP contribution >= 0.6 is 0 Å². The number of aliphatic hydroxyl groups excluding tert-OH is 1. The largest absolute Gasteiger partial charge is 0.396 e. The number of para-hydroxylation sites is 1. The van der Waals surface area contributed by atoms with E-state index in [2.05, 4.69) is 34.1 Å². The van der Waals surface area contributed by atoms with E-state index in [9.17, 15) is 0 Å². The second kappa shape index (κ2) is 5.57. The molecule has 1 aromatic heterocycles. The number of fused-ring (bicyclic) bond motifs is 1. The standard InChI is InChI=1S/C16H20N2O/c19-11-8-13-4-3-10-18(12-13)16-7-9-17-15-6-2-1-5-14(15)16/h1-2,5-7,9,13,19H,3-4,8,10-12H2. The molecule has 1 saturated heterocycles. The molecule has 1 atom stereocenters. The van der Waals surface area contributed by atoms with E-state index < -0.39 is 0 Å². The topological polar surface area (TPSA) is 36.4 Å². The predicted octanol–water partition coefficient (Wildman–Crippen LogP) is 2.83. The second-order valence-electron chi connectivity index (χ2n) is 5.31. The third kappa shape index (κ3) is 2.56. The van der Waals surface area contributed by atoms with Gasteiger partial charge < -0.3 is 10.0 Å². The first-order valence-electron chi connectivity index (χ1n) is 7.08. The quantitative estimate of drug-likeness (QED) is 0.917. The number of anilines is 1. The van der Waals surface area contributed by atoms with E-state index in [-0.39, 0.29) is 0 Å². The molecule has 0 bridgehead atoms. The molecule has 3 nitrogen and oxygen atoms in total. The highest BCUT2D eigenvalue weighted by Crippen LogP contribution is 2.29. The summed E-state index contributed by atoms with van der Waals surface area (Å²) >= 11 is 0. The van der Waals surface area contributed by atoms with Crippen molar-refractivity contribution in [2.45, 2.75) is 19.3 Å². The zero-order chi connectivity index (χ0) is 13.1. The maximum absolute atomic E-state index is 9.12. The lowest BCUT2D eigenvalue weighted by Crippen LogP contribution is -2.35. The van der Waals surface area contributed by atoms with Crippen molar-refractivity contribution in [3.8, 4) is 0 Å². The Bertz CT molecular complexity index is 548. The lowest BCUT2D eigenvalue weighted by atomic mass is 9.94. The molecule has 19 heavy (non-hydrogen) atoms. The van der Waals surface area contributed by atoms with Crippen molar-refractivity contribution >= 4 is 16.6 Å². The summed E-state index contributed by atoms with van der Waals surface area (Å²) < 4.78 is 0. The number of aromatic nitrogens is 1. The van der Waals surface area contributed by atoms with E-state index >= 15 is 0 Å². The van der Waals surface area contributed by atoms with Crippen molar-refractivity contribution in [3.63, 3.8) is 0 Å². The lowest BCUT2D eigenvalue weighted by Gasteiger charge is -2.34. The Morgan fingerprint density at radius 3 is 3.05 bits per heavy atom. The summed E-state index contributed by atoms with van der Waals surface area (Å²) in [5.74, 6) is 0.616. The van der Waals surface area contributed by atoms with Crippen LogP contribution in [-0.2, 0) is 0 Å². The highest BCUT2D eigenvalue weighted by atomic mass is 16.3. The summed E-state index contributed by atoms with van der Waals surface area (Å²) in [6, 6.07) is 10.4. The van der Waals surface area contributed by atoms with Crippen molar-refractivity contribution in [3.05, 3.63) is 36.5 Å². The van der Waals surface area contributed by atoms with Crippen LogP contribution in [0.4, 0.5) is 5.69 Å². The smallest absolute Gasteiger partial charge is 0.0722 e. The van der Waals surface area contributed by atoms with Crippen LogP contribution in [0.2, 0.25) is 0 Å². The normalized spacial score (nSPS) is 19.8. The molecule has 0 saturated carbocycles. The van der Waals surface area contributed by atoms with Gasteiger partial charge >= 0.3 is 0 Å². The van der Waals surface area contributed by atoms with Gasteiger partial charge in [-0.05, 0) is 37.3 Å². The van der Waals surface area contributed by atoms with E-state index in [1.807, 2.05) is 12.3 Å². The number of hydrogen-bond donors (Lipinski definition) is 1. The van der Waals surface area contributed by atoms with Crippen LogP contribution in [0.25, 0.3) is 10.9 Å². The van der Waals surface area contributed by atoms with Gasteiger partial charge in [0, 0.05) is 37.0 Å². The fourth-order valence-electron chi connectivity index (χ4n) is 3.06. The van der Waals surface area contributed by atoms with Gasteiger partial charge in [-0.3, -0.25) is 4.98 Å². The third-order valence-electron chi connectivity index (χ3n) is 4.02. The lowest BCUT2D eigenvalue weighted by molar-refractivity contribution is 0.244. The first-order valence-corrected chi connectivity index (χ1v) is 7.08. The Balaban J connectivity index is 1.91. The number of nitrogens with zero attached hydrogens (tertiary/aromatic N) is 2. The van der Waals surface area contributed by atoms with Gasteiger partial charge in [-0.15, -0.1) is 0 Å². The van der Waals surface area contributed by atoms with Crippen LogP contribution in [0.3, 0.4) is 0 Å². The van der Waals surface area contributed by atoms with Gasteiger partial charge in [-0.1, -0.05) is 18.2 Å². The van der Waals surface area contributed by atoms with E-state index in [4.69, 9.17) is 5.11 Å². The molecule has 2 heterocycles. The number of pyridine rings is 1. The van der Waals surface area contributed by atoms with E-state index in [1.165, 1.54) is 23.9 Å². The highest BCUT2D eigenvalue weighted by Gasteiger charge is 2.20. The number of hydrogen-bond acceptors (Lipinski definition) is 3. The van der Waals surface area contributed by atoms with Crippen molar-refractivity contribution in [1.29, 1.82) is 0 Å². The van der Waals surface area contributed by atoms with Crippen LogP contribution in [0, 0.1) is 5.92 Å². The SMILES string of the molecule is OCCC1CCCN(c2ccnc3ccccc23)C1. The van der Waals surface area contributed by atoms with Gasteiger partial charge in [0.2, 0.25) is 0 Å². The summed E-state index contributed by atoms with van der Waals surface area (Å²) in [5, 5.41) is 10.3. The van der Waals surface area contributed by atoms with Gasteiger partial charge in [0.15, 0.2) is 0 Å². The average molecular weight is 256 g/mol. The van der Waals surface area contributed by atoms with E-state index in [0.717, 1.165) is 25.0 Å². The van der Waals surface area contributed by atoms with Crippen molar-refractivity contribution in [1.82, 2.24) is 4.98 Å². The first kappa shape index (κ1) is 12.4. The fraction of sp³-hybridized carbons (Fsp3) is 0.438. The Morgan fingerprint density at radius 2 is 2.16 bits per heavy atom. The first-order chi connectivity index (χ1) is 9.38. The minimum absolute atomic E-state index is 0.301. The summed E-state index contributed by atoms with van der Waals surface area (Å²) in [5.41, 5.74) is 2.34. The molecule has 3 heteroatoms. The molecule has 3 rings (SSSR count). The zero-order valence-corrected chi connectivity index (χ0v) is 11.1. The second-order valence-corrected chi connectivity index (χ2v) is 5.31.